The molecule has 0 saturated carbocycles. The topological polar surface area (TPSA) is 64.4 Å². The number of nitrogens with zero attached hydrogens (tertiary/aromatic N) is 1. The lowest BCUT2D eigenvalue weighted by Crippen LogP contribution is -2.13. The highest BCUT2D eigenvalue weighted by Crippen LogP contribution is 2.28. The maximum atomic E-state index is 12.7. The van der Waals surface area contributed by atoms with Crippen LogP contribution in [0.25, 0.3) is 22.6 Å². The summed E-state index contributed by atoms with van der Waals surface area (Å²) in [4.78, 5) is 17.2. The summed E-state index contributed by atoms with van der Waals surface area (Å²) in [5.74, 6) is 0.783. The molecule has 28 heavy (non-hydrogen) atoms. The lowest BCUT2D eigenvalue weighted by Gasteiger charge is -2.11. The van der Waals surface area contributed by atoms with E-state index in [1.54, 1.807) is 43.5 Å². The van der Waals surface area contributed by atoms with E-state index in [-0.39, 0.29) is 5.91 Å². The molecule has 0 saturated heterocycles. The number of aryl methyl sites for hydroxylation is 1. The zero-order valence-corrected chi connectivity index (χ0v) is 16.1. The Labute approximate surface area is 166 Å². The van der Waals surface area contributed by atoms with Gasteiger partial charge in [-0.25, -0.2) is 4.98 Å². The standard InChI is InChI=1S/C22H17ClN2O3/c1-13-5-3-8-17(20(13)27-2)21(26)24-16-9-10-19-18(12-16)25-22(28-19)14-6-4-7-15(23)11-14/h3-12H,1-2H3,(H,24,26). The van der Waals surface area contributed by atoms with E-state index in [4.69, 9.17) is 20.8 Å². The number of hydrogen-bond donors (Lipinski definition) is 1. The number of oxazole rings is 1. The molecule has 1 amide bonds. The van der Waals surface area contributed by atoms with E-state index >= 15 is 0 Å². The van der Waals surface area contributed by atoms with E-state index in [1.807, 2.05) is 31.2 Å². The molecule has 3 aromatic carbocycles. The van der Waals surface area contributed by atoms with Crippen LogP contribution in [0.5, 0.6) is 5.75 Å². The zero-order chi connectivity index (χ0) is 19.7. The molecule has 1 aromatic heterocycles. The molecule has 1 N–H and O–H groups in total. The number of para-hydroxylation sites is 1. The summed E-state index contributed by atoms with van der Waals surface area (Å²) >= 11 is 6.04. The minimum atomic E-state index is -0.251. The summed E-state index contributed by atoms with van der Waals surface area (Å²) < 4.78 is 11.2. The number of halogens is 1. The summed E-state index contributed by atoms with van der Waals surface area (Å²) in [6.45, 7) is 1.90. The van der Waals surface area contributed by atoms with Crippen LogP contribution in [0.2, 0.25) is 5.02 Å². The number of methoxy groups -OCH3 is 1. The quantitative estimate of drug-likeness (QED) is 0.482. The molecule has 1 heterocycles. The Morgan fingerprint density at radius 2 is 1.93 bits per heavy atom. The Bertz CT molecular complexity index is 1180. The minimum Gasteiger partial charge on any atom is -0.496 e. The maximum Gasteiger partial charge on any atom is 0.259 e. The maximum absolute atomic E-state index is 12.7. The first-order valence-electron chi connectivity index (χ1n) is 8.66. The monoisotopic (exact) mass is 392 g/mol. The third-order valence-electron chi connectivity index (χ3n) is 4.38. The number of amides is 1. The molecule has 0 radical (unpaired) electrons. The molecular weight excluding hydrogens is 376 g/mol. The summed E-state index contributed by atoms with van der Waals surface area (Å²) in [7, 11) is 1.55. The van der Waals surface area contributed by atoms with E-state index in [9.17, 15) is 4.79 Å². The number of ether oxygens (including phenoxy) is 1. The van der Waals surface area contributed by atoms with Gasteiger partial charge in [0.25, 0.3) is 5.91 Å². The SMILES string of the molecule is COc1c(C)cccc1C(=O)Nc1ccc2oc(-c3cccc(Cl)c3)nc2c1. The molecule has 0 spiro atoms. The number of hydrogen-bond acceptors (Lipinski definition) is 4. The lowest BCUT2D eigenvalue weighted by atomic mass is 10.1. The first-order valence-corrected chi connectivity index (χ1v) is 9.04. The van der Waals surface area contributed by atoms with E-state index in [2.05, 4.69) is 10.3 Å². The van der Waals surface area contributed by atoms with Gasteiger partial charge in [-0.15, -0.1) is 0 Å². The molecular formula is C22H17ClN2O3. The molecule has 5 nitrogen and oxygen atoms in total. The number of carbonyl (C=O) groups excluding carboxylic acids is 1. The number of benzene rings is 3. The van der Waals surface area contributed by atoms with Gasteiger partial charge in [-0.3, -0.25) is 4.79 Å². The fraction of sp³-hybridized carbons (Fsp3) is 0.0909. The Hall–Kier alpha value is -3.31. The van der Waals surface area contributed by atoms with Gasteiger partial charge in [0.05, 0.1) is 12.7 Å². The van der Waals surface area contributed by atoms with Crippen LogP contribution in [0.15, 0.2) is 65.1 Å². The number of nitrogens with one attached hydrogen (secondary N) is 1. The lowest BCUT2D eigenvalue weighted by molar-refractivity contribution is 0.102. The van der Waals surface area contributed by atoms with Crippen LogP contribution in [0.3, 0.4) is 0 Å². The summed E-state index contributed by atoms with van der Waals surface area (Å²) in [6.07, 6.45) is 0. The van der Waals surface area contributed by atoms with Gasteiger partial charge < -0.3 is 14.5 Å². The number of fused-ring (bicyclic) bond motifs is 1. The van der Waals surface area contributed by atoms with Gasteiger partial charge in [-0.1, -0.05) is 29.8 Å². The number of rotatable bonds is 4. The predicted molar refractivity (Wildman–Crippen MR) is 110 cm³/mol. The largest absolute Gasteiger partial charge is 0.496 e. The van der Waals surface area contributed by atoms with Crippen molar-refractivity contribution in [1.82, 2.24) is 4.98 Å². The van der Waals surface area contributed by atoms with Crippen molar-refractivity contribution in [2.24, 2.45) is 0 Å². The average molecular weight is 393 g/mol. The highest BCUT2D eigenvalue weighted by molar-refractivity contribution is 6.30. The molecule has 6 heteroatoms. The zero-order valence-electron chi connectivity index (χ0n) is 15.3. The summed E-state index contributed by atoms with van der Waals surface area (Å²) in [5.41, 5.74) is 4.05. The van der Waals surface area contributed by atoms with Crippen LogP contribution in [-0.4, -0.2) is 18.0 Å². The van der Waals surface area contributed by atoms with Crippen LogP contribution in [-0.2, 0) is 0 Å². The molecule has 0 aliphatic carbocycles. The van der Waals surface area contributed by atoms with Crippen molar-refractivity contribution < 1.29 is 13.9 Å². The third-order valence-corrected chi connectivity index (χ3v) is 4.61. The first-order chi connectivity index (χ1) is 13.5. The fourth-order valence-electron chi connectivity index (χ4n) is 3.05. The van der Waals surface area contributed by atoms with Crippen LogP contribution >= 0.6 is 11.6 Å². The summed E-state index contributed by atoms with van der Waals surface area (Å²) in [6, 6.07) is 18.1. The predicted octanol–water partition coefficient (Wildman–Crippen LogP) is 5.72. The molecule has 0 aliphatic rings. The Morgan fingerprint density at radius 3 is 2.71 bits per heavy atom. The van der Waals surface area contributed by atoms with Crippen LogP contribution in [0.1, 0.15) is 15.9 Å². The fourth-order valence-corrected chi connectivity index (χ4v) is 3.24. The molecule has 0 unspecified atom stereocenters. The van der Waals surface area contributed by atoms with Crippen molar-refractivity contribution in [3.63, 3.8) is 0 Å². The molecule has 0 atom stereocenters. The second-order valence-corrected chi connectivity index (χ2v) is 6.76. The second kappa shape index (κ2) is 7.37. The highest BCUT2D eigenvalue weighted by Gasteiger charge is 2.15. The van der Waals surface area contributed by atoms with Crippen molar-refractivity contribution in [3.8, 4) is 17.2 Å². The van der Waals surface area contributed by atoms with Crippen molar-refractivity contribution in [1.29, 1.82) is 0 Å². The molecule has 0 bridgehead atoms. The van der Waals surface area contributed by atoms with Crippen molar-refractivity contribution in [3.05, 3.63) is 76.8 Å². The van der Waals surface area contributed by atoms with E-state index in [0.29, 0.717) is 39.0 Å². The first kappa shape index (κ1) is 18.1. The van der Waals surface area contributed by atoms with E-state index in [1.165, 1.54) is 0 Å². The van der Waals surface area contributed by atoms with Gasteiger partial charge in [0.15, 0.2) is 5.58 Å². The average Bonchev–Trinajstić information content (AvgIpc) is 3.11. The Balaban J connectivity index is 1.63. The normalized spacial score (nSPS) is 10.8. The van der Waals surface area contributed by atoms with Crippen LogP contribution in [0, 0.1) is 6.92 Å². The van der Waals surface area contributed by atoms with E-state index < -0.39 is 0 Å². The molecule has 4 rings (SSSR count). The number of carbonyl (C=O) groups is 1. The molecule has 4 aromatic rings. The van der Waals surface area contributed by atoms with Gasteiger partial charge in [-0.2, -0.15) is 0 Å². The Morgan fingerprint density at radius 1 is 1.11 bits per heavy atom. The third kappa shape index (κ3) is 3.44. The smallest absolute Gasteiger partial charge is 0.259 e. The Kier molecular flexibility index (Phi) is 4.75. The van der Waals surface area contributed by atoms with Gasteiger partial charge in [0.2, 0.25) is 5.89 Å². The molecule has 0 aliphatic heterocycles. The number of anilines is 1. The molecule has 0 fully saturated rings. The van der Waals surface area contributed by atoms with Gasteiger partial charge in [0.1, 0.15) is 11.3 Å². The number of aromatic nitrogens is 1. The van der Waals surface area contributed by atoms with Gasteiger partial charge in [0, 0.05) is 16.3 Å². The van der Waals surface area contributed by atoms with Crippen LogP contribution < -0.4 is 10.1 Å². The van der Waals surface area contributed by atoms with E-state index in [0.717, 1.165) is 11.1 Å². The van der Waals surface area contributed by atoms with Crippen molar-refractivity contribution in [2.75, 3.05) is 12.4 Å². The second-order valence-electron chi connectivity index (χ2n) is 6.32. The van der Waals surface area contributed by atoms with Gasteiger partial charge in [-0.05, 0) is 55.0 Å². The highest BCUT2D eigenvalue weighted by atomic mass is 35.5. The van der Waals surface area contributed by atoms with Crippen molar-refractivity contribution >= 4 is 34.3 Å². The van der Waals surface area contributed by atoms with Gasteiger partial charge >= 0.3 is 0 Å². The summed E-state index contributed by atoms with van der Waals surface area (Å²) in [5, 5.41) is 3.50. The minimum absolute atomic E-state index is 0.251. The van der Waals surface area contributed by atoms with Crippen molar-refractivity contribution in [2.45, 2.75) is 6.92 Å². The molecule has 140 valence electrons. The van der Waals surface area contributed by atoms with Crippen LogP contribution in [0.4, 0.5) is 5.69 Å².